The summed E-state index contributed by atoms with van der Waals surface area (Å²) in [5.74, 6) is -0.244. The Hall–Kier alpha value is -2.28. The molecule has 1 aliphatic heterocycles. The van der Waals surface area contributed by atoms with Gasteiger partial charge in [0, 0.05) is 25.0 Å². The molecule has 1 fully saturated rings. The molecule has 0 radical (unpaired) electrons. The number of nitrogens with one attached hydrogen (secondary N) is 1. The Bertz CT molecular complexity index is 687. The topological polar surface area (TPSA) is 75.2 Å². The number of anilines is 1. The number of carbonyl (C=O) groups is 2. The van der Waals surface area contributed by atoms with Crippen molar-refractivity contribution < 1.29 is 9.59 Å². The van der Waals surface area contributed by atoms with Crippen LogP contribution in [0, 0.1) is 0 Å². The predicted molar refractivity (Wildman–Crippen MR) is 83.7 cm³/mol. The molecule has 3 rings (SSSR count). The van der Waals surface area contributed by atoms with Crippen molar-refractivity contribution in [1.82, 2.24) is 14.9 Å². The van der Waals surface area contributed by atoms with Gasteiger partial charge in [0.1, 0.15) is 5.69 Å². The molecule has 1 unspecified atom stereocenters. The fourth-order valence-electron chi connectivity index (χ4n) is 2.66. The van der Waals surface area contributed by atoms with Crippen molar-refractivity contribution in [2.45, 2.75) is 25.8 Å². The summed E-state index contributed by atoms with van der Waals surface area (Å²) in [6, 6.07) is 5.30. The molecule has 22 heavy (non-hydrogen) atoms. The normalized spacial score (nSPS) is 17.5. The van der Waals surface area contributed by atoms with Gasteiger partial charge in [-0.15, -0.1) is 11.3 Å². The molecule has 0 aromatic carbocycles. The highest BCUT2D eigenvalue weighted by Crippen LogP contribution is 2.30. The van der Waals surface area contributed by atoms with Crippen molar-refractivity contribution in [2.75, 3.05) is 11.9 Å². The van der Waals surface area contributed by atoms with E-state index in [2.05, 4.69) is 15.3 Å². The lowest BCUT2D eigenvalue weighted by atomic mass is 10.1. The number of likely N-dealkylation sites (tertiary alicyclic amines) is 1. The zero-order valence-electron chi connectivity index (χ0n) is 12.2. The van der Waals surface area contributed by atoms with Crippen LogP contribution < -0.4 is 5.32 Å². The van der Waals surface area contributed by atoms with Gasteiger partial charge >= 0.3 is 0 Å². The zero-order chi connectivity index (χ0) is 15.5. The van der Waals surface area contributed by atoms with E-state index in [1.54, 1.807) is 30.6 Å². The quantitative estimate of drug-likeness (QED) is 0.944. The molecule has 6 nitrogen and oxygen atoms in total. The van der Waals surface area contributed by atoms with E-state index in [9.17, 15) is 9.59 Å². The van der Waals surface area contributed by atoms with Crippen molar-refractivity contribution in [3.8, 4) is 0 Å². The van der Waals surface area contributed by atoms with E-state index in [-0.39, 0.29) is 17.9 Å². The molecule has 1 atom stereocenters. The van der Waals surface area contributed by atoms with Gasteiger partial charge in [-0.1, -0.05) is 6.07 Å². The zero-order valence-corrected chi connectivity index (χ0v) is 13.0. The first-order valence-corrected chi connectivity index (χ1v) is 7.98. The second-order valence-corrected chi connectivity index (χ2v) is 6.00. The smallest absolute Gasteiger partial charge is 0.276 e. The van der Waals surface area contributed by atoms with E-state index in [0.717, 1.165) is 25.1 Å². The predicted octanol–water partition coefficient (Wildman–Crippen LogP) is 2.47. The molecule has 0 spiro atoms. The van der Waals surface area contributed by atoms with Crippen LogP contribution in [0.1, 0.15) is 42.0 Å². The molecule has 2 aromatic rings. The SMILES string of the molecule is CC(=O)N1CCCC1c1cccc(C(=O)Nc2nccs2)n1. The molecule has 1 saturated heterocycles. The van der Waals surface area contributed by atoms with Crippen LogP contribution in [-0.2, 0) is 4.79 Å². The van der Waals surface area contributed by atoms with Gasteiger partial charge in [0.15, 0.2) is 5.13 Å². The maximum absolute atomic E-state index is 12.2. The second kappa shape index (κ2) is 6.23. The van der Waals surface area contributed by atoms with E-state index in [1.165, 1.54) is 11.3 Å². The van der Waals surface area contributed by atoms with E-state index in [4.69, 9.17) is 0 Å². The Morgan fingerprint density at radius 1 is 1.41 bits per heavy atom. The number of nitrogens with zero attached hydrogens (tertiary/aromatic N) is 3. The number of hydrogen-bond acceptors (Lipinski definition) is 5. The van der Waals surface area contributed by atoms with Crippen molar-refractivity contribution >= 4 is 28.3 Å². The summed E-state index contributed by atoms with van der Waals surface area (Å²) < 4.78 is 0. The summed E-state index contributed by atoms with van der Waals surface area (Å²) in [5, 5.41) is 5.05. The maximum atomic E-state index is 12.2. The van der Waals surface area contributed by atoms with E-state index >= 15 is 0 Å². The third-order valence-electron chi connectivity index (χ3n) is 3.65. The number of amides is 2. The fraction of sp³-hybridized carbons (Fsp3) is 0.333. The minimum Gasteiger partial charge on any atom is -0.334 e. The molecule has 0 saturated carbocycles. The van der Waals surface area contributed by atoms with Gasteiger partial charge in [0.2, 0.25) is 5.91 Å². The average Bonchev–Trinajstić information content (AvgIpc) is 3.18. The Balaban J connectivity index is 1.80. The lowest BCUT2D eigenvalue weighted by Crippen LogP contribution is -2.29. The molecule has 3 heterocycles. The van der Waals surface area contributed by atoms with Crippen LogP contribution in [0.5, 0.6) is 0 Å². The molecule has 1 N–H and O–H groups in total. The Morgan fingerprint density at radius 2 is 2.27 bits per heavy atom. The molecular formula is C15H16N4O2S. The first kappa shape index (κ1) is 14.6. The number of aromatic nitrogens is 2. The molecule has 2 aromatic heterocycles. The van der Waals surface area contributed by atoms with Crippen molar-refractivity contribution in [1.29, 1.82) is 0 Å². The number of hydrogen-bond donors (Lipinski definition) is 1. The van der Waals surface area contributed by atoms with Crippen LogP contribution in [0.15, 0.2) is 29.8 Å². The largest absolute Gasteiger partial charge is 0.334 e. The molecular weight excluding hydrogens is 300 g/mol. The van der Waals surface area contributed by atoms with Crippen molar-refractivity contribution in [3.63, 3.8) is 0 Å². The Kier molecular flexibility index (Phi) is 4.15. The highest BCUT2D eigenvalue weighted by molar-refractivity contribution is 7.13. The number of pyridine rings is 1. The second-order valence-electron chi connectivity index (χ2n) is 5.11. The summed E-state index contributed by atoms with van der Waals surface area (Å²) >= 11 is 1.36. The third kappa shape index (κ3) is 2.99. The highest BCUT2D eigenvalue weighted by atomic mass is 32.1. The Morgan fingerprint density at radius 3 is 3.00 bits per heavy atom. The number of thiazole rings is 1. The minimum atomic E-state index is -0.288. The van der Waals surface area contributed by atoms with Crippen LogP contribution in [0.3, 0.4) is 0 Å². The van der Waals surface area contributed by atoms with E-state index < -0.39 is 0 Å². The van der Waals surface area contributed by atoms with E-state index in [1.807, 2.05) is 11.0 Å². The van der Waals surface area contributed by atoms with Gasteiger partial charge < -0.3 is 4.90 Å². The molecule has 7 heteroatoms. The summed E-state index contributed by atoms with van der Waals surface area (Å²) in [6.45, 7) is 2.31. The monoisotopic (exact) mass is 316 g/mol. The molecule has 2 amide bonds. The lowest BCUT2D eigenvalue weighted by molar-refractivity contribution is -0.129. The van der Waals surface area contributed by atoms with Crippen LogP contribution in [-0.4, -0.2) is 33.2 Å². The van der Waals surface area contributed by atoms with Crippen LogP contribution in [0.25, 0.3) is 0 Å². The molecule has 0 bridgehead atoms. The van der Waals surface area contributed by atoms with Gasteiger partial charge in [-0.3, -0.25) is 14.9 Å². The van der Waals surface area contributed by atoms with Crippen LogP contribution >= 0.6 is 11.3 Å². The summed E-state index contributed by atoms with van der Waals surface area (Å²) in [4.78, 5) is 34.2. The van der Waals surface area contributed by atoms with Crippen LogP contribution in [0.4, 0.5) is 5.13 Å². The summed E-state index contributed by atoms with van der Waals surface area (Å²) in [7, 11) is 0. The van der Waals surface area contributed by atoms with Gasteiger partial charge in [0.05, 0.1) is 11.7 Å². The summed E-state index contributed by atoms with van der Waals surface area (Å²) in [6.07, 6.45) is 3.47. The Labute approximate surface area is 132 Å². The minimum absolute atomic E-state index is 0.0369. The number of rotatable bonds is 3. The van der Waals surface area contributed by atoms with Crippen molar-refractivity contribution in [3.05, 3.63) is 41.2 Å². The lowest BCUT2D eigenvalue weighted by Gasteiger charge is -2.23. The van der Waals surface area contributed by atoms with Crippen molar-refractivity contribution in [2.24, 2.45) is 0 Å². The standard InChI is InChI=1S/C15H16N4O2S/c1-10(20)19-8-3-6-13(19)11-4-2-5-12(17-11)14(21)18-15-16-7-9-22-15/h2,4-5,7,9,13H,3,6,8H2,1H3,(H,16,18,21). The third-order valence-corrected chi connectivity index (χ3v) is 4.34. The van der Waals surface area contributed by atoms with Gasteiger partial charge in [0.25, 0.3) is 5.91 Å². The first-order chi connectivity index (χ1) is 10.6. The van der Waals surface area contributed by atoms with E-state index in [0.29, 0.717) is 10.8 Å². The molecule has 114 valence electrons. The molecule has 0 aliphatic carbocycles. The molecule has 1 aliphatic rings. The van der Waals surface area contributed by atoms with Gasteiger partial charge in [-0.2, -0.15) is 0 Å². The first-order valence-electron chi connectivity index (χ1n) is 7.10. The summed E-state index contributed by atoms with van der Waals surface area (Å²) in [5.41, 5.74) is 1.10. The number of carbonyl (C=O) groups excluding carboxylic acids is 2. The fourth-order valence-corrected chi connectivity index (χ4v) is 3.18. The highest BCUT2D eigenvalue weighted by Gasteiger charge is 2.29. The average molecular weight is 316 g/mol. The van der Waals surface area contributed by atoms with Gasteiger partial charge in [-0.05, 0) is 25.0 Å². The van der Waals surface area contributed by atoms with Gasteiger partial charge in [-0.25, -0.2) is 9.97 Å². The van der Waals surface area contributed by atoms with Crippen LogP contribution in [0.2, 0.25) is 0 Å². The maximum Gasteiger partial charge on any atom is 0.276 e.